The molecule has 1 aliphatic rings. The van der Waals surface area contributed by atoms with E-state index in [0.717, 1.165) is 0 Å². The van der Waals surface area contributed by atoms with Crippen LogP contribution in [0.25, 0.3) is 0 Å². The molecule has 0 aromatic carbocycles. The van der Waals surface area contributed by atoms with E-state index in [-0.39, 0.29) is 5.54 Å². The average Bonchev–Trinajstić information content (AvgIpc) is 3.12. The molecule has 1 aromatic rings. The fourth-order valence-electron chi connectivity index (χ4n) is 1.85. The molecule has 0 saturated heterocycles. The molecule has 4 nitrogen and oxygen atoms in total. The van der Waals surface area contributed by atoms with Gasteiger partial charge < -0.3 is 5.32 Å². The van der Waals surface area contributed by atoms with Crippen LogP contribution < -0.4 is 5.32 Å². The van der Waals surface area contributed by atoms with Crippen LogP contribution in [-0.4, -0.2) is 21.8 Å². The number of thioether (sulfide) groups is 1. The molecule has 2 rings (SSSR count). The Morgan fingerprint density at radius 1 is 1.53 bits per heavy atom. The lowest BCUT2D eigenvalue weighted by molar-refractivity contribution is 0.491. The van der Waals surface area contributed by atoms with E-state index in [9.17, 15) is 0 Å². The minimum absolute atomic E-state index is 0.00433. The van der Waals surface area contributed by atoms with Crippen molar-refractivity contribution in [1.29, 1.82) is 5.26 Å². The second kappa shape index (κ2) is 4.53. The Morgan fingerprint density at radius 2 is 2.24 bits per heavy atom. The Morgan fingerprint density at radius 3 is 2.76 bits per heavy atom. The summed E-state index contributed by atoms with van der Waals surface area (Å²) in [5, 5.41) is 13.1. The monoisotopic (exact) mass is 248 g/mol. The second-order valence-corrected chi connectivity index (χ2v) is 5.63. The maximum absolute atomic E-state index is 9.06. The minimum atomic E-state index is -0.00433. The molecule has 0 radical (unpaired) electrons. The van der Waals surface area contributed by atoms with Crippen molar-refractivity contribution in [3.63, 3.8) is 0 Å². The van der Waals surface area contributed by atoms with E-state index in [0.29, 0.717) is 22.5 Å². The third kappa shape index (κ3) is 2.70. The predicted octanol–water partition coefficient (Wildman–Crippen LogP) is 2.67. The molecule has 17 heavy (non-hydrogen) atoms. The van der Waals surface area contributed by atoms with Crippen molar-refractivity contribution in [2.45, 2.75) is 37.4 Å². The van der Waals surface area contributed by atoms with E-state index in [4.69, 9.17) is 5.26 Å². The van der Waals surface area contributed by atoms with Gasteiger partial charge in [-0.1, -0.05) is 11.8 Å². The largest absolute Gasteiger partial charge is 0.364 e. The Hall–Kier alpha value is -1.28. The second-order valence-electron chi connectivity index (χ2n) is 4.85. The molecule has 0 amide bonds. The van der Waals surface area contributed by atoms with Crippen molar-refractivity contribution >= 4 is 17.6 Å². The summed E-state index contributed by atoms with van der Waals surface area (Å²) in [6, 6.07) is 2.13. The first kappa shape index (κ1) is 12.2. The van der Waals surface area contributed by atoms with Crippen LogP contribution in [0.15, 0.2) is 11.4 Å². The van der Waals surface area contributed by atoms with Gasteiger partial charge in [-0.15, -0.1) is 0 Å². The van der Waals surface area contributed by atoms with Gasteiger partial charge in [-0.2, -0.15) is 5.26 Å². The summed E-state index contributed by atoms with van der Waals surface area (Å²) in [7, 11) is 0. The number of hydrogen-bond donors (Lipinski definition) is 1. The van der Waals surface area contributed by atoms with E-state index in [2.05, 4.69) is 35.2 Å². The summed E-state index contributed by atoms with van der Waals surface area (Å²) in [5.41, 5.74) is 0.506. The number of nitrogens with one attached hydrogen (secondary N) is 1. The summed E-state index contributed by atoms with van der Waals surface area (Å²) >= 11 is 1.48. The van der Waals surface area contributed by atoms with E-state index < -0.39 is 0 Å². The molecule has 1 N–H and O–H groups in total. The average molecular weight is 248 g/mol. The molecule has 1 aliphatic carbocycles. The Bertz CT molecular complexity index is 460. The molecule has 1 saturated carbocycles. The molecular formula is C12H16N4S. The van der Waals surface area contributed by atoms with Gasteiger partial charge in [0, 0.05) is 5.54 Å². The molecule has 90 valence electrons. The van der Waals surface area contributed by atoms with Crippen LogP contribution in [0.5, 0.6) is 0 Å². The summed E-state index contributed by atoms with van der Waals surface area (Å²) in [5.74, 6) is 1.34. The van der Waals surface area contributed by atoms with Crippen LogP contribution >= 0.6 is 11.8 Å². The molecule has 0 spiro atoms. The van der Waals surface area contributed by atoms with E-state index in [1.165, 1.54) is 24.6 Å². The highest BCUT2D eigenvalue weighted by atomic mass is 32.2. The van der Waals surface area contributed by atoms with Gasteiger partial charge in [-0.25, -0.2) is 9.97 Å². The van der Waals surface area contributed by atoms with Crippen molar-refractivity contribution in [2.24, 2.45) is 5.92 Å². The van der Waals surface area contributed by atoms with Crippen LogP contribution in [0.1, 0.15) is 32.3 Å². The van der Waals surface area contributed by atoms with Gasteiger partial charge in [0.05, 0.1) is 6.20 Å². The van der Waals surface area contributed by atoms with Gasteiger partial charge >= 0.3 is 0 Å². The lowest BCUT2D eigenvalue weighted by Gasteiger charge is -2.27. The van der Waals surface area contributed by atoms with Gasteiger partial charge in [-0.3, -0.25) is 0 Å². The first-order valence-electron chi connectivity index (χ1n) is 5.66. The van der Waals surface area contributed by atoms with Crippen molar-refractivity contribution in [3.8, 4) is 6.07 Å². The first-order chi connectivity index (χ1) is 8.06. The summed E-state index contributed by atoms with van der Waals surface area (Å²) in [4.78, 5) is 8.48. The zero-order valence-corrected chi connectivity index (χ0v) is 11.1. The lowest BCUT2D eigenvalue weighted by Crippen LogP contribution is -2.34. The van der Waals surface area contributed by atoms with Crippen LogP contribution in [0.4, 0.5) is 5.82 Å². The maximum atomic E-state index is 9.06. The molecule has 0 unspecified atom stereocenters. The molecule has 0 bridgehead atoms. The minimum Gasteiger partial charge on any atom is -0.364 e. The molecule has 5 heteroatoms. The highest BCUT2D eigenvalue weighted by Gasteiger charge is 2.38. The number of nitriles is 1. The molecule has 1 fully saturated rings. The van der Waals surface area contributed by atoms with Gasteiger partial charge in [0.25, 0.3) is 0 Å². The smallest absolute Gasteiger partial charge is 0.189 e. The van der Waals surface area contributed by atoms with Crippen LogP contribution in [0.3, 0.4) is 0 Å². The van der Waals surface area contributed by atoms with Crippen LogP contribution in [-0.2, 0) is 0 Å². The highest BCUT2D eigenvalue weighted by molar-refractivity contribution is 7.98. The SMILES string of the molecule is CSc1ncc(C#N)c(NC(C)(C)C2CC2)n1. The van der Waals surface area contributed by atoms with Crippen LogP contribution in [0.2, 0.25) is 0 Å². The molecule has 0 atom stereocenters. The molecule has 1 heterocycles. The van der Waals surface area contributed by atoms with Gasteiger partial charge in [0.2, 0.25) is 0 Å². The van der Waals surface area contributed by atoms with Crippen LogP contribution in [0, 0.1) is 17.2 Å². The fraction of sp³-hybridized carbons (Fsp3) is 0.583. The zero-order chi connectivity index (χ0) is 12.5. The van der Waals surface area contributed by atoms with Gasteiger partial charge in [0.1, 0.15) is 17.5 Å². The van der Waals surface area contributed by atoms with Crippen molar-refractivity contribution in [2.75, 3.05) is 11.6 Å². The van der Waals surface area contributed by atoms with Gasteiger partial charge in [-0.05, 0) is 38.9 Å². The lowest BCUT2D eigenvalue weighted by atomic mass is 9.98. The summed E-state index contributed by atoms with van der Waals surface area (Å²) in [6.07, 6.45) is 6.02. The number of hydrogen-bond acceptors (Lipinski definition) is 5. The first-order valence-corrected chi connectivity index (χ1v) is 6.88. The topological polar surface area (TPSA) is 61.6 Å². The Balaban J connectivity index is 2.27. The number of nitrogens with zero attached hydrogens (tertiary/aromatic N) is 3. The standard InChI is InChI=1S/C12H16N4S/c1-12(2,9-4-5-9)16-10-8(6-13)7-14-11(15-10)17-3/h7,9H,4-5H2,1-3H3,(H,14,15,16). The Labute approximate surface area is 106 Å². The number of rotatable bonds is 4. The summed E-state index contributed by atoms with van der Waals surface area (Å²) < 4.78 is 0. The van der Waals surface area contributed by atoms with Gasteiger partial charge in [0.15, 0.2) is 5.16 Å². The fourth-order valence-corrected chi connectivity index (χ4v) is 2.19. The summed E-state index contributed by atoms with van der Waals surface area (Å²) in [6.45, 7) is 4.32. The highest BCUT2D eigenvalue weighted by Crippen LogP contribution is 2.41. The van der Waals surface area contributed by atoms with Crippen molar-refractivity contribution < 1.29 is 0 Å². The quantitative estimate of drug-likeness (QED) is 0.655. The van der Waals surface area contributed by atoms with E-state index in [1.807, 2.05) is 6.26 Å². The molecule has 0 aliphatic heterocycles. The third-order valence-corrected chi connectivity index (χ3v) is 3.67. The van der Waals surface area contributed by atoms with E-state index >= 15 is 0 Å². The Kier molecular flexibility index (Phi) is 3.25. The number of aromatic nitrogens is 2. The third-order valence-electron chi connectivity index (χ3n) is 3.11. The predicted molar refractivity (Wildman–Crippen MR) is 69.0 cm³/mol. The normalized spacial score (nSPS) is 15.4. The molecular weight excluding hydrogens is 232 g/mol. The zero-order valence-electron chi connectivity index (χ0n) is 10.3. The molecule has 1 aromatic heterocycles. The maximum Gasteiger partial charge on any atom is 0.189 e. The van der Waals surface area contributed by atoms with Crippen molar-refractivity contribution in [1.82, 2.24) is 9.97 Å². The van der Waals surface area contributed by atoms with E-state index in [1.54, 1.807) is 6.20 Å². The number of anilines is 1. The van der Waals surface area contributed by atoms with Crippen molar-refractivity contribution in [3.05, 3.63) is 11.8 Å².